The zero-order valence-corrected chi connectivity index (χ0v) is 13.4. The number of amides is 1. The minimum Gasteiger partial charge on any atom is -0.479 e. The minimum absolute atomic E-state index is 0.0867. The fourth-order valence-corrected chi connectivity index (χ4v) is 1.87. The summed E-state index contributed by atoms with van der Waals surface area (Å²) in [4.78, 5) is 33.6. The van der Waals surface area contributed by atoms with Gasteiger partial charge in [-0.2, -0.15) is 0 Å². The van der Waals surface area contributed by atoms with E-state index in [4.69, 9.17) is 9.47 Å². The summed E-state index contributed by atoms with van der Waals surface area (Å²) in [6.45, 7) is 1.03. The maximum absolute atomic E-state index is 11.8. The number of para-hydroxylation sites is 1. The number of nitro groups is 1. The van der Waals surface area contributed by atoms with Gasteiger partial charge in [-0.05, 0) is 31.2 Å². The zero-order chi connectivity index (χ0) is 18.2. The van der Waals surface area contributed by atoms with Gasteiger partial charge in [0, 0.05) is 17.8 Å². The smallest absolute Gasteiger partial charge is 0.347 e. The highest BCUT2D eigenvalue weighted by molar-refractivity contribution is 5.93. The lowest BCUT2D eigenvalue weighted by atomic mass is 10.3. The first-order valence-corrected chi connectivity index (χ1v) is 7.38. The van der Waals surface area contributed by atoms with E-state index < -0.39 is 29.5 Å². The molecule has 0 aromatic heterocycles. The van der Waals surface area contributed by atoms with Gasteiger partial charge in [-0.25, -0.2) is 4.79 Å². The molecule has 0 spiro atoms. The van der Waals surface area contributed by atoms with Crippen LogP contribution < -0.4 is 10.1 Å². The van der Waals surface area contributed by atoms with E-state index in [1.165, 1.54) is 31.2 Å². The van der Waals surface area contributed by atoms with E-state index in [1.807, 2.05) is 6.07 Å². The van der Waals surface area contributed by atoms with Gasteiger partial charge < -0.3 is 14.8 Å². The summed E-state index contributed by atoms with van der Waals surface area (Å²) in [5.41, 5.74) is 0.275. The predicted molar refractivity (Wildman–Crippen MR) is 89.2 cm³/mol. The number of nitrogens with one attached hydrogen (secondary N) is 1. The van der Waals surface area contributed by atoms with Gasteiger partial charge in [0.2, 0.25) is 0 Å². The lowest BCUT2D eigenvalue weighted by Crippen LogP contribution is -2.29. The Morgan fingerprint density at radius 3 is 2.36 bits per heavy atom. The molecule has 0 bridgehead atoms. The summed E-state index contributed by atoms with van der Waals surface area (Å²) < 4.78 is 10.3. The molecular formula is C17H16N2O6. The highest BCUT2D eigenvalue weighted by atomic mass is 16.6. The molecule has 130 valence electrons. The van der Waals surface area contributed by atoms with Gasteiger partial charge >= 0.3 is 5.97 Å². The summed E-state index contributed by atoms with van der Waals surface area (Å²) in [5.74, 6) is -0.723. The highest BCUT2D eigenvalue weighted by Gasteiger charge is 2.18. The lowest BCUT2D eigenvalue weighted by molar-refractivity contribution is -0.384. The third kappa shape index (κ3) is 5.61. The van der Waals surface area contributed by atoms with Crippen molar-refractivity contribution in [1.82, 2.24) is 0 Å². The van der Waals surface area contributed by atoms with Gasteiger partial charge in [0.1, 0.15) is 5.75 Å². The average molecular weight is 344 g/mol. The number of carbonyl (C=O) groups excluding carboxylic acids is 2. The predicted octanol–water partition coefficient (Wildman–Crippen LogP) is 2.54. The van der Waals surface area contributed by atoms with Crippen molar-refractivity contribution < 1.29 is 24.0 Å². The van der Waals surface area contributed by atoms with Crippen LogP contribution in [0, 0.1) is 10.1 Å². The van der Waals surface area contributed by atoms with E-state index in [1.54, 1.807) is 24.3 Å². The number of non-ortho nitro benzene ring substituents is 1. The van der Waals surface area contributed by atoms with Crippen LogP contribution in [0.2, 0.25) is 0 Å². The molecular weight excluding hydrogens is 328 g/mol. The van der Waals surface area contributed by atoms with E-state index in [-0.39, 0.29) is 5.69 Å². The number of hydrogen-bond acceptors (Lipinski definition) is 6. The van der Waals surface area contributed by atoms with Crippen LogP contribution in [0.4, 0.5) is 11.4 Å². The number of carbonyl (C=O) groups is 2. The standard InChI is InChI=1S/C17H16N2O6/c1-12(25-15-5-3-2-4-6-15)17(21)24-11-16(20)18-13-7-9-14(10-8-13)19(22)23/h2-10,12H,11H2,1H3,(H,18,20)/t12-/m1/s1. The molecule has 0 aliphatic carbocycles. The van der Waals surface area contributed by atoms with Gasteiger partial charge in [-0.3, -0.25) is 14.9 Å². The van der Waals surface area contributed by atoms with Crippen LogP contribution >= 0.6 is 0 Å². The summed E-state index contributed by atoms with van der Waals surface area (Å²) in [7, 11) is 0. The van der Waals surface area contributed by atoms with Crippen molar-refractivity contribution in [2.75, 3.05) is 11.9 Å². The molecule has 0 saturated carbocycles. The number of nitro benzene ring substituents is 1. The third-order valence-corrected chi connectivity index (χ3v) is 3.10. The number of nitrogens with zero attached hydrogens (tertiary/aromatic N) is 1. The van der Waals surface area contributed by atoms with E-state index in [0.29, 0.717) is 11.4 Å². The molecule has 8 nitrogen and oxygen atoms in total. The molecule has 0 saturated heterocycles. The van der Waals surface area contributed by atoms with Gasteiger partial charge in [0.05, 0.1) is 4.92 Å². The van der Waals surface area contributed by atoms with Crippen LogP contribution in [0.5, 0.6) is 5.75 Å². The van der Waals surface area contributed by atoms with Crippen molar-refractivity contribution in [3.05, 3.63) is 64.7 Å². The molecule has 0 radical (unpaired) electrons. The van der Waals surface area contributed by atoms with Crippen molar-refractivity contribution >= 4 is 23.3 Å². The number of ether oxygens (including phenoxy) is 2. The molecule has 0 aliphatic heterocycles. The van der Waals surface area contributed by atoms with Crippen LogP contribution in [0.25, 0.3) is 0 Å². The quantitative estimate of drug-likeness (QED) is 0.470. The molecule has 2 aromatic carbocycles. The zero-order valence-electron chi connectivity index (χ0n) is 13.4. The van der Waals surface area contributed by atoms with Gasteiger partial charge in [0.25, 0.3) is 11.6 Å². The first-order valence-electron chi connectivity index (χ1n) is 7.38. The van der Waals surface area contributed by atoms with Gasteiger partial charge in [0.15, 0.2) is 12.7 Å². The van der Waals surface area contributed by atoms with Crippen LogP contribution in [0.15, 0.2) is 54.6 Å². The maximum atomic E-state index is 11.8. The molecule has 0 heterocycles. The van der Waals surface area contributed by atoms with Crippen molar-refractivity contribution in [3.8, 4) is 5.75 Å². The van der Waals surface area contributed by atoms with E-state index in [2.05, 4.69) is 5.32 Å². The number of rotatable bonds is 7. The average Bonchev–Trinajstić information content (AvgIpc) is 2.61. The first-order chi connectivity index (χ1) is 12.0. The largest absolute Gasteiger partial charge is 0.479 e. The molecule has 0 fully saturated rings. The molecule has 1 atom stereocenters. The fraction of sp³-hybridized carbons (Fsp3) is 0.176. The van der Waals surface area contributed by atoms with E-state index in [0.717, 1.165) is 0 Å². The normalized spacial score (nSPS) is 11.2. The second kappa shape index (κ2) is 8.44. The molecule has 2 aromatic rings. The van der Waals surface area contributed by atoms with Crippen molar-refractivity contribution in [1.29, 1.82) is 0 Å². The topological polar surface area (TPSA) is 108 Å². The molecule has 0 unspecified atom stereocenters. The first kappa shape index (κ1) is 17.9. The summed E-state index contributed by atoms with van der Waals surface area (Å²) >= 11 is 0. The Morgan fingerprint density at radius 2 is 1.76 bits per heavy atom. The Hall–Kier alpha value is -3.42. The van der Waals surface area contributed by atoms with Crippen molar-refractivity contribution in [2.24, 2.45) is 0 Å². The molecule has 2 rings (SSSR count). The highest BCUT2D eigenvalue weighted by Crippen LogP contribution is 2.15. The molecule has 0 aliphatic rings. The van der Waals surface area contributed by atoms with E-state index >= 15 is 0 Å². The second-order valence-electron chi connectivity index (χ2n) is 5.03. The summed E-state index contributed by atoms with van der Waals surface area (Å²) in [5, 5.41) is 13.0. The maximum Gasteiger partial charge on any atom is 0.347 e. The second-order valence-corrected chi connectivity index (χ2v) is 5.03. The summed E-state index contributed by atoms with van der Waals surface area (Å²) in [6.07, 6.45) is -0.866. The molecule has 8 heteroatoms. The summed E-state index contributed by atoms with van der Waals surface area (Å²) in [6, 6.07) is 14.1. The fourth-order valence-electron chi connectivity index (χ4n) is 1.87. The Morgan fingerprint density at radius 1 is 1.12 bits per heavy atom. The van der Waals surface area contributed by atoms with Crippen molar-refractivity contribution in [2.45, 2.75) is 13.0 Å². The van der Waals surface area contributed by atoms with E-state index in [9.17, 15) is 19.7 Å². The van der Waals surface area contributed by atoms with Crippen LogP contribution in [0.1, 0.15) is 6.92 Å². The van der Waals surface area contributed by atoms with Crippen molar-refractivity contribution in [3.63, 3.8) is 0 Å². The number of benzene rings is 2. The Labute approximate surface area is 143 Å². The Bertz CT molecular complexity index is 745. The van der Waals surface area contributed by atoms with Crippen LogP contribution in [0.3, 0.4) is 0 Å². The van der Waals surface area contributed by atoms with Crippen LogP contribution in [-0.4, -0.2) is 29.5 Å². The Kier molecular flexibility index (Phi) is 6.05. The minimum atomic E-state index is -0.866. The van der Waals surface area contributed by atoms with Crippen LogP contribution in [-0.2, 0) is 14.3 Å². The molecule has 25 heavy (non-hydrogen) atoms. The number of hydrogen-bond donors (Lipinski definition) is 1. The van der Waals surface area contributed by atoms with Gasteiger partial charge in [-0.1, -0.05) is 18.2 Å². The van der Waals surface area contributed by atoms with Gasteiger partial charge in [-0.15, -0.1) is 0 Å². The SMILES string of the molecule is C[C@@H](Oc1ccccc1)C(=O)OCC(=O)Nc1ccc([N+](=O)[O-])cc1. The molecule has 1 amide bonds. The third-order valence-electron chi connectivity index (χ3n) is 3.10. The number of esters is 1. The number of anilines is 1. The lowest BCUT2D eigenvalue weighted by Gasteiger charge is -2.13. The molecule has 1 N–H and O–H groups in total. The Balaban J connectivity index is 1.78. The monoisotopic (exact) mass is 344 g/mol.